The van der Waals surface area contributed by atoms with Gasteiger partial charge in [0.05, 0.1) is 5.69 Å². The summed E-state index contributed by atoms with van der Waals surface area (Å²) in [4.78, 5) is 52.8. The number of primary sulfonamides is 1. The molecule has 0 saturated carbocycles. The lowest BCUT2D eigenvalue weighted by atomic mass is 9.99. The van der Waals surface area contributed by atoms with E-state index in [1.165, 1.54) is 89.9 Å². The molecule has 0 bridgehead atoms. The molecule has 4 aromatic rings. The second kappa shape index (κ2) is 18.3. The third kappa shape index (κ3) is 10.2. The van der Waals surface area contributed by atoms with Gasteiger partial charge >= 0.3 is 6.03 Å². The van der Waals surface area contributed by atoms with Gasteiger partial charge in [0.1, 0.15) is 13.1 Å². The molecule has 2 heterocycles. The molecule has 4 amide bonds. The number of amides is 4. The predicted molar refractivity (Wildman–Crippen MR) is 221 cm³/mol. The molecular weight excluding hydrogens is 813 g/mol. The van der Waals surface area contributed by atoms with Crippen LogP contribution < -0.4 is 15.2 Å². The van der Waals surface area contributed by atoms with Gasteiger partial charge in [-0.3, -0.25) is 19.0 Å². The van der Waals surface area contributed by atoms with Crippen molar-refractivity contribution in [1.29, 1.82) is 0 Å². The Morgan fingerprint density at radius 2 is 1.12 bits per heavy atom. The van der Waals surface area contributed by atoms with Crippen molar-refractivity contribution >= 4 is 55.3 Å². The van der Waals surface area contributed by atoms with Crippen molar-refractivity contribution < 1.29 is 36.0 Å². The van der Waals surface area contributed by atoms with E-state index < -0.39 is 26.1 Å². The van der Waals surface area contributed by atoms with E-state index in [0.29, 0.717) is 0 Å². The SMILES string of the molecule is CN(C)C(=O)Cn1ccc(S(=O)(=O)NC(=O)Nc2c3c(cc4c2CCC4)CCC3)n1.CN(C)C(=O)Cn1ccc(S(N)(=O)=O)n1.O=C=Nc1c2c(cc3c1CCC3)CCC2. The summed E-state index contributed by atoms with van der Waals surface area (Å²) in [6.45, 7) is -0.0977. The van der Waals surface area contributed by atoms with Crippen molar-refractivity contribution in [2.45, 2.75) is 100 Å². The summed E-state index contributed by atoms with van der Waals surface area (Å²) in [5, 5.41) is 14.7. The van der Waals surface area contributed by atoms with Crippen LogP contribution in [0, 0.1) is 0 Å². The zero-order chi connectivity index (χ0) is 43.4. The van der Waals surface area contributed by atoms with Gasteiger partial charge < -0.3 is 15.1 Å². The molecule has 4 N–H and O–H groups in total. The number of carbonyl (C=O) groups excluding carboxylic acids is 4. The minimum Gasteiger partial charge on any atom is -0.347 e. The maximum absolute atomic E-state index is 12.6. The molecule has 0 radical (unpaired) electrons. The molecule has 0 atom stereocenters. The molecule has 4 aliphatic rings. The Morgan fingerprint density at radius 1 is 0.700 bits per heavy atom. The van der Waals surface area contributed by atoms with Crippen molar-refractivity contribution in [2.24, 2.45) is 10.1 Å². The number of hydrogen-bond donors (Lipinski definition) is 3. The van der Waals surface area contributed by atoms with Crippen LogP contribution in [0.2, 0.25) is 0 Å². The van der Waals surface area contributed by atoms with Gasteiger partial charge in [-0.25, -0.2) is 27.9 Å². The molecule has 18 nitrogen and oxygen atoms in total. The van der Waals surface area contributed by atoms with Gasteiger partial charge in [0, 0.05) is 46.3 Å². The number of aliphatic imine (C=N–C) groups is 1. The average molecular weight is 863 g/mol. The van der Waals surface area contributed by atoms with E-state index in [1.807, 2.05) is 4.72 Å². The highest BCUT2D eigenvalue weighted by molar-refractivity contribution is 7.90. The largest absolute Gasteiger partial charge is 0.347 e. The molecule has 0 aliphatic heterocycles. The predicted octanol–water partition coefficient (Wildman–Crippen LogP) is 2.71. The molecule has 60 heavy (non-hydrogen) atoms. The summed E-state index contributed by atoms with van der Waals surface area (Å²) in [6, 6.07) is 6.29. The van der Waals surface area contributed by atoms with E-state index >= 15 is 0 Å². The topological polar surface area (TPSA) is 241 Å². The van der Waals surface area contributed by atoms with Crippen LogP contribution in [0.1, 0.15) is 70.2 Å². The van der Waals surface area contributed by atoms with Crippen LogP contribution in [0.25, 0.3) is 0 Å². The fraction of sp³-hybridized carbons (Fsp3) is 0.450. The van der Waals surface area contributed by atoms with Crippen molar-refractivity contribution in [1.82, 2.24) is 34.1 Å². The van der Waals surface area contributed by atoms with Gasteiger partial charge in [0.2, 0.25) is 17.9 Å². The average Bonchev–Trinajstić information content (AvgIpc) is 4.03. The third-order valence-electron chi connectivity index (χ3n) is 10.9. The van der Waals surface area contributed by atoms with E-state index in [-0.39, 0.29) is 35.0 Å². The van der Waals surface area contributed by atoms with Crippen LogP contribution in [0.3, 0.4) is 0 Å². The van der Waals surface area contributed by atoms with E-state index in [4.69, 9.17) is 5.14 Å². The lowest BCUT2D eigenvalue weighted by Crippen LogP contribution is -2.35. The molecule has 8 rings (SSSR count). The minimum absolute atomic E-state index is 0.0114. The van der Waals surface area contributed by atoms with Crippen LogP contribution in [0.4, 0.5) is 16.2 Å². The van der Waals surface area contributed by atoms with Crippen LogP contribution in [0.5, 0.6) is 0 Å². The number of rotatable bonds is 9. The van der Waals surface area contributed by atoms with E-state index in [9.17, 15) is 36.0 Å². The molecular formula is C40H50N10O8S2. The molecule has 2 aromatic heterocycles. The Hall–Kier alpha value is -5.69. The van der Waals surface area contributed by atoms with Gasteiger partial charge in [-0.05, 0) is 134 Å². The van der Waals surface area contributed by atoms with Gasteiger partial charge in [-0.2, -0.15) is 23.6 Å². The maximum atomic E-state index is 12.6. The molecule has 0 unspecified atom stereocenters. The first-order chi connectivity index (χ1) is 28.4. The molecule has 0 saturated heterocycles. The molecule has 320 valence electrons. The Bertz CT molecular complexity index is 2530. The Labute approximate surface area is 349 Å². The van der Waals surface area contributed by atoms with Crippen LogP contribution in [-0.4, -0.2) is 98.3 Å². The molecule has 0 fully saturated rings. The smallest absolute Gasteiger partial charge is 0.333 e. The number of hydrogen-bond acceptors (Lipinski definition) is 11. The number of carbonyl (C=O) groups is 3. The number of benzene rings is 2. The zero-order valence-electron chi connectivity index (χ0n) is 34.2. The lowest BCUT2D eigenvalue weighted by molar-refractivity contribution is -0.130. The minimum atomic E-state index is -4.16. The standard InChI is InChI=1S/C20H25N5O4S.C13H13NO.C7H12N4O3S/c1-24(2)18(26)12-25-10-9-17(22-25)30(28,29)23-20(27)21-19-15-7-3-5-13(15)11-14-6-4-8-16(14)19;15-8-14-13-11-5-1-3-9(11)7-10-4-2-6-12(10)13;1-10(2)7(12)5-11-4-3-6(9-11)15(8,13)14/h9-11H,3-8,12H2,1-2H3,(H2,21,23,27);7H,1-6H2;3-4H,5H2,1-2H3,(H2,8,13,14). The fourth-order valence-electron chi connectivity index (χ4n) is 7.96. The number of isocyanates is 1. The van der Waals surface area contributed by atoms with Crippen molar-refractivity contribution in [3.8, 4) is 0 Å². The number of sulfonamides is 2. The third-order valence-corrected chi connectivity index (χ3v) is 13.0. The lowest BCUT2D eigenvalue weighted by Gasteiger charge is -2.16. The first-order valence-corrected chi connectivity index (χ1v) is 22.7. The highest BCUT2D eigenvalue weighted by Crippen LogP contribution is 2.40. The Balaban J connectivity index is 0.000000168. The van der Waals surface area contributed by atoms with E-state index in [2.05, 4.69) is 32.6 Å². The quantitative estimate of drug-likeness (QED) is 0.164. The number of nitrogens with one attached hydrogen (secondary N) is 2. The number of nitrogens with two attached hydrogens (primary N) is 1. The number of aryl methyl sites for hydroxylation is 4. The summed E-state index contributed by atoms with van der Waals surface area (Å²) >= 11 is 0. The summed E-state index contributed by atoms with van der Waals surface area (Å²) in [6.07, 6.45) is 17.2. The van der Waals surface area contributed by atoms with Crippen LogP contribution in [0.15, 0.2) is 51.7 Å². The summed E-state index contributed by atoms with van der Waals surface area (Å²) in [7, 11) is -1.54. The highest BCUT2D eigenvalue weighted by atomic mass is 32.2. The molecule has 4 aliphatic carbocycles. The van der Waals surface area contributed by atoms with Gasteiger partial charge in [0.25, 0.3) is 20.0 Å². The first-order valence-electron chi connectivity index (χ1n) is 19.7. The number of urea groups is 1. The van der Waals surface area contributed by atoms with Crippen molar-refractivity contribution in [2.75, 3.05) is 33.5 Å². The van der Waals surface area contributed by atoms with Gasteiger partial charge in [-0.1, -0.05) is 12.1 Å². The summed E-state index contributed by atoms with van der Waals surface area (Å²) in [5.41, 5.74) is 12.0. The molecule has 0 spiro atoms. The zero-order valence-corrected chi connectivity index (χ0v) is 35.8. The normalized spacial score (nSPS) is 14.6. The highest BCUT2D eigenvalue weighted by Gasteiger charge is 2.28. The van der Waals surface area contributed by atoms with E-state index in [0.717, 1.165) is 86.7 Å². The van der Waals surface area contributed by atoms with Gasteiger partial charge in [0.15, 0.2) is 10.1 Å². The number of fused-ring (bicyclic) bond motifs is 4. The number of aromatic nitrogens is 4. The van der Waals surface area contributed by atoms with E-state index in [1.54, 1.807) is 34.3 Å². The summed E-state index contributed by atoms with van der Waals surface area (Å²) < 4.78 is 51.4. The summed E-state index contributed by atoms with van der Waals surface area (Å²) in [5.74, 6) is -0.404. The Morgan fingerprint density at radius 3 is 1.53 bits per heavy atom. The maximum Gasteiger partial charge on any atom is 0.333 e. The molecule has 20 heteroatoms. The van der Waals surface area contributed by atoms with Crippen molar-refractivity contribution in [3.05, 3.63) is 81.2 Å². The second-order valence-electron chi connectivity index (χ2n) is 15.5. The van der Waals surface area contributed by atoms with Crippen LogP contribution >= 0.6 is 0 Å². The Kier molecular flexibility index (Phi) is 13.4. The van der Waals surface area contributed by atoms with Crippen LogP contribution in [-0.2, 0) is 98.9 Å². The number of anilines is 1. The van der Waals surface area contributed by atoms with Crippen molar-refractivity contribution in [3.63, 3.8) is 0 Å². The first kappa shape index (κ1) is 43.9. The fourth-order valence-corrected chi connectivity index (χ4v) is 9.29. The number of nitrogens with zero attached hydrogens (tertiary/aromatic N) is 7. The monoisotopic (exact) mass is 862 g/mol. The molecule has 2 aromatic carbocycles. The van der Waals surface area contributed by atoms with Gasteiger partial charge in [-0.15, -0.1) is 0 Å². The second-order valence-corrected chi connectivity index (χ2v) is 18.7. The number of likely N-dealkylation sites (N-methyl/N-ethyl adjacent to an activating group) is 2.